The van der Waals surface area contributed by atoms with Crippen LogP contribution < -0.4 is 21.3 Å². The Morgan fingerprint density at radius 1 is 1.07 bits per heavy atom. The van der Waals surface area contributed by atoms with E-state index < -0.39 is 0 Å². The molecule has 2 aliphatic rings. The lowest BCUT2D eigenvalue weighted by atomic mass is 9.89. The molecule has 1 aromatic carbocycles. The predicted molar refractivity (Wildman–Crippen MR) is 128 cm³/mol. The van der Waals surface area contributed by atoms with Gasteiger partial charge in [0.1, 0.15) is 5.82 Å². The molecule has 1 saturated carbocycles. The summed E-state index contributed by atoms with van der Waals surface area (Å²) < 4.78 is 0. The number of nitrogens with one attached hydrogen (secondary N) is 2. The highest BCUT2D eigenvalue weighted by atomic mass is 15.2. The second-order valence-electron chi connectivity index (χ2n) is 8.90. The number of piperidine rings is 1. The summed E-state index contributed by atoms with van der Waals surface area (Å²) in [5.41, 5.74) is 10.2. The zero-order valence-corrected chi connectivity index (χ0v) is 18.1. The summed E-state index contributed by atoms with van der Waals surface area (Å²) in [4.78, 5) is 7.05. The van der Waals surface area contributed by atoms with Gasteiger partial charge in [-0.15, -0.1) is 0 Å². The number of hydrogen-bond acceptors (Lipinski definition) is 5. The van der Waals surface area contributed by atoms with Crippen molar-refractivity contribution in [2.24, 2.45) is 0 Å². The molecule has 2 fully saturated rings. The number of benzene rings is 1. The lowest BCUT2D eigenvalue weighted by Crippen LogP contribution is -2.55. The summed E-state index contributed by atoms with van der Waals surface area (Å²) in [6.45, 7) is 8.27. The molecule has 1 aliphatic carbocycles. The number of aromatic nitrogens is 1. The van der Waals surface area contributed by atoms with E-state index in [1.54, 1.807) is 0 Å². The Labute approximate surface area is 180 Å². The number of pyridine rings is 1. The van der Waals surface area contributed by atoms with Crippen molar-refractivity contribution < 1.29 is 0 Å². The third kappa shape index (κ3) is 5.14. The van der Waals surface area contributed by atoms with Crippen molar-refractivity contribution in [1.29, 1.82) is 0 Å². The first-order chi connectivity index (χ1) is 14.6. The topological polar surface area (TPSA) is 66.2 Å². The number of rotatable bonds is 6. The van der Waals surface area contributed by atoms with Gasteiger partial charge in [-0.1, -0.05) is 25.0 Å². The maximum Gasteiger partial charge on any atom is 0.126 e. The summed E-state index contributed by atoms with van der Waals surface area (Å²) in [6, 6.07) is 13.8. The quantitative estimate of drug-likeness (QED) is 0.609. The molecule has 1 aliphatic heterocycles. The Kier molecular flexibility index (Phi) is 6.58. The van der Waals surface area contributed by atoms with Crippen LogP contribution in [0.5, 0.6) is 0 Å². The van der Waals surface area contributed by atoms with Crippen LogP contribution in [-0.2, 0) is 0 Å². The second kappa shape index (κ2) is 9.52. The average Bonchev–Trinajstić information content (AvgIpc) is 2.76. The number of nitrogens with two attached hydrogens (primary N) is 1. The molecule has 4 rings (SSSR count). The van der Waals surface area contributed by atoms with E-state index in [1.165, 1.54) is 44.2 Å². The molecule has 0 unspecified atom stereocenters. The first-order valence-corrected chi connectivity index (χ1v) is 11.3. The zero-order chi connectivity index (χ0) is 20.9. The average molecular weight is 406 g/mol. The van der Waals surface area contributed by atoms with Crippen molar-refractivity contribution in [3.63, 3.8) is 0 Å². The van der Waals surface area contributed by atoms with Gasteiger partial charge < -0.3 is 21.3 Å². The van der Waals surface area contributed by atoms with Crippen LogP contribution in [-0.4, -0.2) is 36.2 Å². The first-order valence-electron chi connectivity index (χ1n) is 11.3. The molecule has 2 heterocycles. The van der Waals surface area contributed by atoms with Gasteiger partial charge in [-0.2, -0.15) is 0 Å². The fraction of sp³-hybridized carbons (Fsp3) is 0.480. The molecule has 3 atom stereocenters. The largest absolute Gasteiger partial charge is 0.399 e. The van der Waals surface area contributed by atoms with Gasteiger partial charge >= 0.3 is 0 Å². The minimum absolute atomic E-state index is 0.415. The van der Waals surface area contributed by atoms with Crippen LogP contribution in [0.3, 0.4) is 0 Å². The van der Waals surface area contributed by atoms with Gasteiger partial charge in [0, 0.05) is 48.8 Å². The molecule has 0 radical (unpaired) electrons. The fourth-order valence-corrected chi connectivity index (χ4v) is 4.80. The Bertz CT molecular complexity index is 847. The van der Waals surface area contributed by atoms with E-state index in [1.807, 2.05) is 31.3 Å². The molecule has 0 spiro atoms. The van der Waals surface area contributed by atoms with Crippen LogP contribution in [0.4, 0.5) is 17.2 Å². The van der Waals surface area contributed by atoms with Crippen molar-refractivity contribution in [2.75, 3.05) is 29.0 Å². The molecule has 0 bridgehead atoms. The molecule has 4 N–H and O–H groups in total. The number of nitrogen functional groups attached to an aromatic ring is 1. The van der Waals surface area contributed by atoms with E-state index in [-0.39, 0.29) is 0 Å². The van der Waals surface area contributed by atoms with Crippen molar-refractivity contribution in [3.8, 4) is 0 Å². The minimum atomic E-state index is 0.415. The van der Waals surface area contributed by atoms with Crippen molar-refractivity contribution >= 4 is 22.8 Å². The molecule has 30 heavy (non-hydrogen) atoms. The van der Waals surface area contributed by atoms with E-state index in [0.717, 1.165) is 35.7 Å². The molecule has 5 nitrogen and oxygen atoms in total. The molecule has 160 valence electrons. The third-order valence-electron chi connectivity index (χ3n) is 6.48. The molecule has 2 aromatic rings. The number of hydrogen-bond donors (Lipinski definition) is 3. The first kappa shape index (κ1) is 20.7. The number of anilines is 3. The van der Waals surface area contributed by atoms with E-state index in [4.69, 9.17) is 5.73 Å². The maximum absolute atomic E-state index is 5.86. The maximum atomic E-state index is 5.86. The molecular weight excluding hydrogens is 370 g/mol. The van der Waals surface area contributed by atoms with Gasteiger partial charge in [-0.3, -0.25) is 0 Å². The van der Waals surface area contributed by atoms with Crippen LogP contribution in [0, 0.1) is 0 Å². The molecular formula is C25H35N5. The summed E-state index contributed by atoms with van der Waals surface area (Å²) in [5, 5.41) is 7.73. The van der Waals surface area contributed by atoms with Crippen LogP contribution in [0.15, 0.2) is 49.2 Å². The lowest BCUT2D eigenvalue weighted by molar-refractivity contribution is 0.293. The number of allylic oxidation sites excluding steroid dienone is 1. The number of nitrogens with zero attached hydrogens (tertiary/aromatic N) is 2. The highest BCUT2D eigenvalue weighted by Gasteiger charge is 2.29. The Morgan fingerprint density at radius 2 is 1.83 bits per heavy atom. The highest BCUT2D eigenvalue weighted by Crippen LogP contribution is 2.26. The van der Waals surface area contributed by atoms with Crippen molar-refractivity contribution in [2.45, 2.75) is 63.6 Å². The van der Waals surface area contributed by atoms with Gasteiger partial charge in [0.15, 0.2) is 0 Å². The second-order valence-corrected chi connectivity index (χ2v) is 8.90. The van der Waals surface area contributed by atoms with E-state index in [9.17, 15) is 0 Å². The van der Waals surface area contributed by atoms with E-state index >= 15 is 0 Å². The van der Waals surface area contributed by atoms with Crippen LogP contribution in [0.2, 0.25) is 0 Å². The highest BCUT2D eigenvalue weighted by molar-refractivity contribution is 5.63. The van der Waals surface area contributed by atoms with Crippen LogP contribution in [0.1, 0.15) is 51.0 Å². The van der Waals surface area contributed by atoms with Crippen LogP contribution in [0.25, 0.3) is 5.57 Å². The minimum Gasteiger partial charge on any atom is -0.399 e. The van der Waals surface area contributed by atoms with Crippen molar-refractivity contribution in [1.82, 2.24) is 10.3 Å². The monoisotopic (exact) mass is 405 g/mol. The standard InChI is InChI=1S/C25H35N5/c1-18(2)19-13-14-27-25(16-19)29-24-8-4-3-7-23(24)28-21-6-5-15-30(17-21)22-11-9-20(26)10-12-22/h9-14,16,21,23-24,28H,1,3-8,15,17,26H2,2H3,(H,27,29)/t21-,23+,24+/m0/s1. The fourth-order valence-electron chi connectivity index (χ4n) is 4.80. The summed E-state index contributed by atoms with van der Waals surface area (Å²) in [5.74, 6) is 0.960. The lowest BCUT2D eigenvalue weighted by Gasteiger charge is -2.40. The molecule has 1 saturated heterocycles. The zero-order valence-electron chi connectivity index (χ0n) is 18.1. The van der Waals surface area contributed by atoms with Crippen LogP contribution >= 0.6 is 0 Å². The predicted octanol–water partition coefficient (Wildman–Crippen LogP) is 4.68. The van der Waals surface area contributed by atoms with Gasteiger partial charge in [0.05, 0.1) is 0 Å². The van der Waals surface area contributed by atoms with Gasteiger partial charge in [0.25, 0.3) is 0 Å². The van der Waals surface area contributed by atoms with Gasteiger partial charge in [-0.25, -0.2) is 4.98 Å². The Balaban J connectivity index is 1.40. The van der Waals surface area contributed by atoms with E-state index in [0.29, 0.717) is 18.1 Å². The SMILES string of the molecule is C=C(C)c1ccnc(N[C@@H]2CCCC[C@H]2N[C@H]2CCCN(c3ccc(N)cc3)C2)c1. The molecule has 0 amide bonds. The van der Waals surface area contributed by atoms with E-state index in [2.05, 4.69) is 45.3 Å². The molecule has 5 heteroatoms. The molecule has 1 aromatic heterocycles. The van der Waals surface area contributed by atoms with Crippen molar-refractivity contribution in [3.05, 3.63) is 54.7 Å². The van der Waals surface area contributed by atoms with Gasteiger partial charge in [0.2, 0.25) is 0 Å². The summed E-state index contributed by atoms with van der Waals surface area (Å²) in [6.07, 6.45) is 9.30. The van der Waals surface area contributed by atoms with Gasteiger partial charge in [-0.05, 0) is 74.6 Å². The smallest absolute Gasteiger partial charge is 0.126 e. The Hall–Kier alpha value is -2.53. The normalized spacial score (nSPS) is 24.4. The summed E-state index contributed by atoms with van der Waals surface area (Å²) in [7, 11) is 0. The Morgan fingerprint density at radius 3 is 2.60 bits per heavy atom. The summed E-state index contributed by atoms with van der Waals surface area (Å²) >= 11 is 0. The third-order valence-corrected chi connectivity index (χ3v) is 6.48.